The molecule has 1 aliphatic rings. The van der Waals surface area contributed by atoms with Gasteiger partial charge >= 0.3 is 0 Å². The van der Waals surface area contributed by atoms with E-state index in [-0.39, 0.29) is 23.3 Å². The van der Waals surface area contributed by atoms with Crippen LogP contribution in [-0.2, 0) is 6.42 Å². The van der Waals surface area contributed by atoms with Crippen LogP contribution in [0.25, 0.3) is 0 Å². The molecule has 0 saturated carbocycles. The van der Waals surface area contributed by atoms with Crippen LogP contribution in [0.1, 0.15) is 39.4 Å². The Morgan fingerprint density at radius 1 is 1.19 bits per heavy atom. The number of hydrogen-bond acceptors (Lipinski definition) is 4. The number of amides is 2. The number of benzene rings is 1. The van der Waals surface area contributed by atoms with Gasteiger partial charge in [-0.3, -0.25) is 9.59 Å². The lowest BCUT2D eigenvalue weighted by Crippen LogP contribution is -2.40. The third kappa shape index (κ3) is 4.64. The van der Waals surface area contributed by atoms with Crippen LogP contribution in [0.15, 0.2) is 30.6 Å². The van der Waals surface area contributed by atoms with E-state index in [2.05, 4.69) is 15.3 Å². The lowest BCUT2D eigenvalue weighted by atomic mass is 9.92. The monoisotopic (exact) mass is 374 g/mol. The Morgan fingerprint density at radius 2 is 1.93 bits per heavy atom. The van der Waals surface area contributed by atoms with E-state index in [9.17, 15) is 18.4 Å². The fourth-order valence-corrected chi connectivity index (χ4v) is 3.33. The van der Waals surface area contributed by atoms with E-state index < -0.39 is 11.6 Å². The van der Waals surface area contributed by atoms with Crippen LogP contribution in [0.3, 0.4) is 0 Å². The predicted molar refractivity (Wildman–Crippen MR) is 94.1 cm³/mol. The van der Waals surface area contributed by atoms with Gasteiger partial charge in [-0.05, 0) is 43.4 Å². The minimum absolute atomic E-state index is 0.0112. The Hall–Kier alpha value is -2.90. The van der Waals surface area contributed by atoms with Crippen LogP contribution in [0.4, 0.5) is 8.78 Å². The summed E-state index contributed by atoms with van der Waals surface area (Å²) in [5, 5.41) is 2.52. The second-order valence-electron chi connectivity index (χ2n) is 6.60. The standard InChI is InChI=1S/C19H20F2N4O2/c1-22-18(26)17-9-16(23-11-24-17)5-12-3-2-4-25(10-12)19(27)13-6-14(20)8-15(21)7-13/h6-9,11-12H,2-5,10H2,1H3,(H,22,26)/t12-/m1/s1. The summed E-state index contributed by atoms with van der Waals surface area (Å²) in [7, 11) is 1.53. The van der Waals surface area contributed by atoms with Gasteiger partial charge in [-0.2, -0.15) is 0 Å². The van der Waals surface area contributed by atoms with Crippen molar-refractivity contribution in [1.82, 2.24) is 20.2 Å². The fourth-order valence-electron chi connectivity index (χ4n) is 3.33. The van der Waals surface area contributed by atoms with Gasteiger partial charge < -0.3 is 10.2 Å². The number of piperidine rings is 1. The molecule has 2 heterocycles. The first kappa shape index (κ1) is 18.9. The van der Waals surface area contributed by atoms with E-state index in [0.717, 1.165) is 36.7 Å². The van der Waals surface area contributed by atoms with Gasteiger partial charge in [0.05, 0.1) is 0 Å². The van der Waals surface area contributed by atoms with E-state index in [4.69, 9.17) is 0 Å². The van der Waals surface area contributed by atoms with Crippen molar-refractivity contribution in [2.75, 3.05) is 20.1 Å². The van der Waals surface area contributed by atoms with Crippen molar-refractivity contribution in [2.45, 2.75) is 19.3 Å². The molecule has 2 aromatic rings. The van der Waals surface area contributed by atoms with E-state index in [1.165, 1.54) is 13.4 Å². The topological polar surface area (TPSA) is 75.2 Å². The van der Waals surface area contributed by atoms with Crippen molar-refractivity contribution < 1.29 is 18.4 Å². The van der Waals surface area contributed by atoms with Crippen LogP contribution >= 0.6 is 0 Å². The summed E-state index contributed by atoms with van der Waals surface area (Å²) in [6, 6.07) is 4.49. The third-order valence-corrected chi connectivity index (χ3v) is 4.60. The predicted octanol–water partition coefficient (Wildman–Crippen LogP) is 2.21. The molecule has 3 rings (SSSR count). The lowest BCUT2D eigenvalue weighted by Gasteiger charge is -2.32. The number of likely N-dealkylation sites (tertiary alicyclic amines) is 1. The van der Waals surface area contributed by atoms with Gasteiger partial charge in [0.25, 0.3) is 11.8 Å². The highest BCUT2D eigenvalue weighted by Gasteiger charge is 2.26. The summed E-state index contributed by atoms with van der Waals surface area (Å²) in [4.78, 5) is 34.1. The van der Waals surface area contributed by atoms with E-state index in [1.807, 2.05) is 0 Å². The first-order valence-corrected chi connectivity index (χ1v) is 8.74. The van der Waals surface area contributed by atoms with Gasteiger partial charge in [0, 0.05) is 37.5 Å². The SMILES string of the molecule is CNC(=O)c1cc(C[C@H]2CCCN(C(=O)c3cc(F)cc(F)c3)C2)ncn1. The van der Waals surface area contributed by atoms with Gasteiger partial charge in [0.15, 0.2) is 0 Å². The van der Waals surface area contributed by atoms with Gasteiger partial charge in [-0.15, -0.1) is 0 Å². The summed E-state index contributed by atoms with van der Waals surface area (Å²) >= 11 is 0. The molecule has 1 fully saturated rings. The number of rotatable bonds is 4. The Labute approximate surface area is 155 Å². The molecular formula is C19H20F2N4O2. The maximum Gasteiger partial charge on any atom is 0.269 e. The molecule has 1 N–H and O–H groups in total. The molecule has 1 aliphatic heterocycles. The smallest absolute Gasteiger partial charge is 0.269 e. The minimum atomic E-state index is -0.769. The summed E-state index contributed by atoms with van der Waals surface area (Å²) in [5.41, 5.74) is 1.03. The lowest BCUT2D eigenvalue weighted by molar-refractivity contribution is 0.0671. The molecule has 0 aliphatic carbocycles. The largest absolute Gasteiger partial charge is 0.354 e. The van der Waals surface area contributed by atoms with Crippen LogP contribution in [0.2, 0.25) is 0 Å². The zero-order chi connectivity index (χ0) is 19.4. The molecule has 142 valence electrons. The molecule has 6 nitrogen and oxygen atoms in total. The fraction of sp³-hybridized carbons (Fsp3) is 0.368. The number of nitrogens with zero attached hydrogens (tertiary/aromatic N) is 3. The zero-order valence-electron chi connectivity index (χ0n) is 14.9. The number of nitrogens with one attached hydrogen (secondary N) is 1. The number of hydrogen-bond donors (Lipinski definition) is 1. The Morgan fingerprint density at radius 3 is 2.63 bits per heavy atom. The van der Waals surface area contributed by atoms with Gasteiger partial charge in [-0.1, -0.05) is 0 Å². The maximum absolute atomic E-state index is 13.4. The van der Waals surface area contributed by atoms with E-state index in [1.54, 1.807) is 11.0 Å². The first-order valence-electron chi connectivity index (χ1n) is 8.74. The number of carbonyl (C=O) groups excluding carboxylic acids is 2. The average molecular weight is 374 g/mol. The highest BCUT2D eigenvalue weighted by molar-refractivity contribution is 5.94. The summed E-state index contributed by atoms with van der Waals surface area (Å²) in [6.07, 6.45) is 3.64. The van der Waals surface area contributed by atoms with Crippen molar-refractivity contribution >= 4 is 11.8 Å². The van der Waals surface area contributed by atoms with Gasteiger partial charge in [0.2, 0.25) is 0 Å². The molecular weight excluding hydrogens is 354 g/mol. The molecule has 0 unspecified atom stereocenters. The summed E-state index contributed by atoms with van der Waals surface area (Å²) in [5.74, 6) is -2.06. The van der Waals surface area contributed by atoms with Crippen molar-refractivity contribution in [3.63, 3.8) is 0 Å². The summed E-state index contributed by atoms with van der Waals surface area (Å²) < 4.78 is 26.8. The highest BCUT2D eigenvalue weighted by atomic mass is 19.1. The van der Waals surface area contributed by atoms with Crippen molar-refractivity contribution in [1.29, 1.82) is 0 Å². The first-order chi connectivity index (χ1) is 13.0. The quantitative estimate of drug-likeness (QED) is 0.890. The van der Waals surface area contributed by atoms with Gasteiger partial charge in [-0.25, -0.2) is 18.7 Å². The van der Waals surface area contributed by atoms with Crippen molar-refractivity contribution in [2.24, 2.45) is 5.92 Å². The molecule has 27 heavy (non-hydrogen) atoms. The molecule has 1 saturated heterocycles. The molecule has 0 spiro atoms. The third-order valence-electron chi connectivity index (χ3n) is 4.60. The Balaban J connectivity index is 1.69. The molecule has 8 heteroatoms. The Kier molecular flexibility index (Phi) is 5.73. The number of aromatic nitrogens is 2. The molecule has 2 amide bonds. The number of halogens is 2. The van der Waals surface area contributed by atoms with Crippen LogP contribution < -0.4 is 5.32 Å². The van der Waals surface area contributed by atoms with Crippen molar-refractivity contribution in [3.05, 3.63) is 59.2 Å². The second-order valence-corrected chi connectivity index (χ2v) is 6.60. The summed E-state index contributed by atoms with van der Waals surface area (Å²) in [6.45, 7) is 1.01. The van der Waals surface area contributed by atoms with E-state index in [0.29, 0.717) is 25.2 Å². The minimum Gasteiger partial charge on any atom is -0.354 e. The normalized spacial score (nSPS) is 16.9. The molecule has 1 aromatic heterocycles. The van der Waals surface area contributed by atoms with E-state index >= 15 is 0 Å². The van der Waals surface area contributed by atoms with Gasteiger partial charge in [0.1, 0.15) is 23.7 Å². The van der Waals surface area contributed by atoms with Crippen LogP contribution in [-0.4, -0.2) is 46.8 Å². The second kappa shape index (κ2) is 8.20. The maximum atomic E-state index is 13.4. The molecule has 1 aromatic carbocycles. The number of carbonyl (C=O) groups is 2. The highest BCUT2D eigenvalue weighted by Crippen LogP contribution is 2.22. The van der Waals surface area contributed by atoms with Crippen LogP contribution in [0, 0.1) is 17.6 Å². The van der Waals surface area contributed by atoms with Crippen LogP contribution in [0.5, 0.6) is 0 Å². The molecule has 1 atom stereocenters. The molecule has 0 bridgehead atoms. The average Bonchev–Trinajstić information content (AvgIpc) is 2.66. The molecule has 0 radical (unpaired) electrons. The Bertz CT molecular complexity index is 839. The van der Waals surface area contributed by atoms with Crippen molar-refractivity contribution in [3.8, 4) is 0 Å². The zero-order valence-corrected chi connectivity index (χ0v) is 14.9.